The van der Waals surface area contributed by atoms with E-state index in [2.05, 4.69) is 93.3 Å². The van der Waals surface area contributed by atoms with Crippen molar-refractivity contribution in [2.24, 2.45) is 32.3 Å². The first kappa shape index (κ1) is 24.6. The second-order valence-corrected chi connectivity index (χ2v) is 12.4. The summed E-state index contributed by atoms with van der Waals surface area (Å²) < 4.78 is 0. The van der Waals surface area contributed by atoms with E-state index < -0.39 is 0 Å². The third-order valence-electron chi connectivity index (χ3n) is 3.14. The van der Waals surface area contributed by atoms with Crippen molar-refractivity contribution in [3.8, 4) is 0 Å². The second kappa shape index (κ2) is 8.96. The predicted molar refractivity (Wildman–Crippen MR) is 113 cm³/mol. The van der Waals surface area contributed by atoms with Crippen LogP contribution in [0.25, 0.3) is 0 Å². The quantitative estimate of drug-likeness (QED) is 0.403. The van der Waals surface area contributed by atoms with Gasteiger partial charge in [-0.1, -0.05) is 39.5 Å². The highest BCUT2D eigenvalue weighted by Crippen LogP contribution is 2.46. The minimum absolute atomic E-state index is 0.166. The Morgan fingerprint density at radius 2 is 0.840 bits per heavy atom. The molecular weight excluding hydrogens is 328 g/mol. The smallest absolute Gasteiger partial charge is 0.126 e. The normalized spacial score (nSPS) is 19.1. The van der Waals surface area contributed by atoms with Crippen LogP contribution < -0.4 is 0 Å². The molecule has 0 fully saturated rings. The van der Waals surface area contributed by atoms with Gasteiger partial charge in [0.2, 0.25) is 0 Å². The van der Waals surface area contributed by atoms with E-state index in [1.165, 1.54) is 0 Å². The summed E-state index contributed by atoms with van der Waals surface area (Å²) in [5.74, 6) is 1.08. The van der Waals surface area contributed by atoms with Gasteiger partial charge in [0.05, 0.1) is 11.1 Å². The maximum absolute atomic E-state index is 4.79. The zero-order valence-electron chi connectivity index (χ0n) is 18.8. The fraction of sp³-hybridized carbons (Fsp3) is 1.00. The lowest BCUT2D eigenvalue weighted by Gasteiger charge is -2.35. The molecule has 2 unspecified atom stereocenters. The summed E-state index contributed by atoms with van der Waals surface area (Å²) in [6.07, 6.45) is 1.94. The molecule has 5 heteroatoms. The molecule has 0 heterocycles. The molecule has 0 amide bonds. The van der Waals surface area contributed by atoms with E-state index in [1.807, 2.05) is 11.8 Å². The lowest BCUT2D eigenvalue weighted by molar-refractivity contribution is 0.414. The van der Waals surface area contributed by atoms with Crippen LogP contribution in [0.4, 0.5) is 0 Å². The van der Waals surface area contributed by atoms with E-state index in [0.717, 1.165) is 12.8 Å². The average molecular weight is 371 g/mol. The Kier molecular flexibility index (Phi) is 8.80. The van der Waals surface area contributed by atoms with Crippen LogP contribution in [-0.2, 0) is 0 Å². The molecule has 0 aromatic heterocycles. The molecule has 0 spiro atoms. The number of azo groups is 2. The molecule has 0 aliphatic heterocycles. The summed E-state index contributed by atoms with van der Waals surface area (Å²) in [6, 6.07) is 0. The largest absolute Gasteiger partial charge is 0.187 e. The summed E-state index contributed by atoms with van der Waals surface area (Å²) in [6.45, 7) is 25.9. The Bertz CT molecular complexity index is 415. The Hall–Kier alpha value is -0.450. The highest BCUT2D eigenvalue weighted by molar-refractivity contribution is 8.01. The molecule has 0 aromatic carbocycles. The highest BCUT2D eigenvalue weighted by atomic mass is 32.2. The van der Waals surface area contributed by atoms with Crippen molar-refractivity contribution in [3.63, 3.8) is 0 Å². The molecule has 0 aromatic rings. The summed E-state index contributed by atoms with van der Waals surface area (Å²) in [7, 11) is 0. The molecular formula is C20H42N4S. The summed E-state index contributed by atoms with van der Waals surface area (Å²) >= 11 is 1.81. The summed E-state index contributed by atoms with van der Waals surface area (Å²) in [4.78, 5) is -0.607. The van der Waals surface area contributed by atoms with Crippen molar-refractivity contribution in [1.29, 1.82) is 0 Å². The lowest BCUT2D eigenvalue weighted by Crippen LogP contribution is -2.31. The van der Waals surface area contributed by atoms with Crippen LogP contribution in [0, 0.1) is 11.8 Å². The van der Waals surface area contributed by atoms with Crippen LogP contribution in [0.2, 0.25) is 0 Å². The summed E-state index contributed by atoms with van der Waals surface area (Å²) in [5, 5.41) is 18.8. The monoisotopic (exact) mass is 370 g/mol. The van der Waals surface area contributed by atoms with E-state index in [4.69, 9.17) is 10.2 Å². The van der Waals surface area contributed by atoms with Gasteiger partial charge < -0.3 is 0 Å². The zero-order valence-corrected chi connectivity index (χ0v) is 19.6. The molecule has 0 aliphatic carbocycles. The number of thioether (sulfide) groups is 1. The van der Waals surface area contributed by atoms with Gasteiger partial charge in [-0.2, -0.15) is 20.5 Å². The van der Waals surface area contributed by atoms with Crippen molar-refractivity contribution in [2.45, 2.75) is 117 Å². The molecule has 0 bridgehead atoms. The van der Waals surface area contributed by atoms with Crippen LogP contribution >= 0.6 is 11.8 Å². The Balaban J connectivity index is 5.73. The molecule has 0 radical (unpaired) electrons. The molecule has 0 saturated carbocycles. The van der Waals surface area contributed by atoms with Gasteiger partial charge in [-0.05, 0) is 80.1 Å². The van der Waals surface area contributed by atoms with Gasteiger partial charge in [0.15, 0.2) is 0 Å². The van der Waals surface area contributed by atoms with Gasteiger partial charge in [-0.25, -0.2) is 0 Å². The van der Waals surface area contributed by atoms with Crippen LogP contribution in [0.5, 0.6) is 0 Å². The van der Waals surface area contributed by atoms with Crippen LogP contribution in [0.3, 0.4) is 0 Å². The highest BCUT2D eigenvalue weighted by Gasteiger charge is 2.38. The van der Waals surface area contributed by atoms with Gasteiger partial charge in [-0.15, -0.1) is 0 Å². The molecule has 2 atom stereocenters. The molecule has 4 nitrogen and oxygen atoms in total. The van der Waals surface area contributed by atoms with E-state index >= 15 is 0 Å². The fourth-order valence-corrected chi connectivity index (χ4v) is 4.65. The van der Waals surface area contributed by atoms with Crippen molar-refractivity contribution < 1.29 is 0 Å². The number of rotatable bonds is 8. The van der Waals surface area contributed by atoms with Gasteiger partial charge in [-0.3, -0.25) is 0 Å². The van der Waals surface area contributed by atoms with Crippen molar-refractivity contribution >= 4 is 11.8 Å². The lowest BCUT2D eigenvalue weighted by atomic mass is 10.0. The Labute approximate surface area is 161 Å². The van der Waals surface area contributed by atoms with E-state index in [0.29, 0.717) is 11.8 Å². The SMILES string of the molecule is CC(C)CC(C)(N=NC(C)(C)C)SC(C)(CC(C)C)N=NC(C)(C)C. The standard InChI is InChI=1S/C20H42N4S/c1-15(2)13-19(11,23-21-17(5,6)7)25-20(12,14-16(3)4)24-22-18(8,9)10/h15-16H,13-14H2,1-12H3. The van der Waals surface area contributed by atoms with Gasteiger partial charge in [0, 0.05) is 0 Å². The second-order valence-electron chi connectivity index (χ2n) is 10.4. The molecule has 0 saturated heterocycles. The number of nitrogens with zero attached hydrogens (tertiary/aromatic N) is 4. The Morgan fingerprint density at radius 1 is 0.560 bits per heavy atom. The number of hydrogen-bond donors (Lipinski definition) is 0. The molecule has 25 heavy (non-hydrogen) atoms. The van der Waals surface area contributed by atoms with Gasteiger partial charge >= 0.3 is 0 Å². The Morgan fingerprint density at radius 3 is 1.04 bits per heavy atom. The third kappa shape index (κ3) is 12.5. The molecule has 0 N–H and O–H groups in total. The van der Waals surface area contributed by atoms with Crippen molar-refractivity contribution in [2.75, 3.05) is 0 Å². The first-order valence-electron chi connectivity index (χ1n) is 9.54. The average Bonchev–Trinajstić information content (AvgIpc) is 2.30. The first-order valence-corrected chi connectivity index (χ1v) is 10.4. The van der Waals surface area contributed by atoms with Crippen molar-refractivity contribution in [1.82, 2.24) is 0 Å². The van der Waals surface area contributed by atoms with E-state index in [-0.39, 0.29) is 20.8 Å². The molecule has 148 valence electrons. The van der Waals surface area contributed by atoms with E-state index in [1.54, 1.807) is 0 Å². The maximum Gasteiger partial charge on any atom is 0.126 e. The van der Waals surface area contributed by atoms with Crippen LogP contribution in [-0.4, -0.2) is 20.8 Å². The van der Waals surface area contributed by atoms with E-state index in [9.17, 15) is 0 Å². The van der Waals surface area contributed by atoms with Crippen LogP contribution in [0.15, 0.2) is 20.5 Å². The molecule has 0 aliphatic rings. The first-order chi connectivity index (χ1) is 11.0. The third-order valence-corrected chi connectivity index (χ3v) is 4.51. The summed E-state index contributed by atoms with van der Waals surface area (Å²) in [5.41, 5.74) is -0.333. The maximum atomic E-state index is 4.79. The zero-order chi connectivity index (χ0) is 20.1. The van der Waals surface area contributed by atoms with Crippen LogP contribution in [0.1, 0.15) is 95.9 Å². The minimum Gasteiger partial charge on any atom is -0.187 e. The van der Waals surface area contributed by atoms with Crippen molar-refractivity contribution in [3.05, 3.63) is 0 Å². The number of hydrogen-bond acceptors (Lipinski definition) is 5. The van der Waals surface area contributed by atoms with Gasteiger partial charge in [0.1, 0.15) is 9.74 Å². The fourth-order valence-electron chi connectivity index (χ4n) is 2.71. The molecule has 0 rings (SSSR count). The predicted octanol–water partition coefficient (Wildman–Crippen LogP) is 7.75. The topological polar surface area (TPSA) is 49.4 Å². The minimum atomic E-state index is -0.304. The van der Waals surface area contributed by atoms with Gasteiger partial charge in [0.25, 0.3) is 0 Å².